The molecule has 6 heteroatoms. The van der Waals surface area contributed by atoms with Gasteiger partial charge in [0.2, 0.25) is 0 Å². The lowest BCUT2D eigenvalue weighted by Gasteiger charge is -2.12. The minimum atomic E-state index is -0.389. The van der Waals surface area contributed by atoms with Crippen molar-refractivity contribution in [3.05, 3.63) is 58.6 Å². The monoisotopic (exact) mass is 319 g/mol. The number of carbonyl (C=O) groups excluding carboxylic acids is 1. The molecule has 0 radical (unpaired) electrons. The summed E-state index contributed by atoms with van der Waals surface area (Å²) in [5.74, 6) is 0. The second kappa shape index (κ2) is 6.56. The van der Waals surface area contributed by atoms with Crippen molar-refractivity contribution >= 4 is 46.2 Å². The molecule has 0 aliphatic carbocycles. The Morgan fingerprint density at radius 3 is 2.62 bits per heavy atom. The van der Waals surface area contributed by atoms with Gasteiger partial charge in [0, 0.05) is 16.3 Å². The van der Waals surface area contributed by atoms with E-state index in [1.165, 1.54) is 0 Å². The van der Waals surface area contributed by atoms with Gasteiger partial charge in [0.25, 0.3) is 0 Å². The number of carbonyl (C=O) groups is 1. The van der Waals surface area contributed by atoms with Crippen LogP contribution in [0, 0.1) is 6.92 Å². The van der Waals surface area contributed by atoms with E-state index in [4.69, 9.17) is 29.6 Å². The molecule has 4 nitrogen and oxygen atoms in total. The molecule has 0 aromatic heterocycles. The molecule has 0 aliphatic heterocycles. The highest BCUT2D eigenvalue weighted by Gasteiger charge is 2.10. The number of thiocarbonyl (C=S) groups is 1. The highest BCUT2D eigenvalue weighted by atomic mass is 35.5. The van der Waals surface area contributed by atoms with Crippen LogP contribution in [0.3, 0.4) is 0 Å². The molecule has 2 aromatic carbocycles. The maximum atomic E-state index is 12.0. The summed E-state index contributed by atoms with van der Waals surface area (Å²) in [6.45, 7) is 1.95. The molecule has 0 fully saturated rings. The minimum Gasteiger partial charge on any atom is -0.389 e. The predicted molar refractivity (Wildman–Crippen MR) is 91.2 cm³/mol. The average molecular weight is 320 g/mol. The van der Waals surface area contributed by atoms with E-state index in [-0.39, 0.29) is 11.0 Å². The Labute approximate surface area is 133 Å². The van der Waals surface area contributed by atoms with Gasteiger partial charge in [-0.3, -0.25) is 0 Å². The van der Waals surface area contributed by atoms with Crippen molar-refractivity contribution in [1.29, 1.82) is 0 Å². The summed E-state index contributed by atoms with van der Waals surface area (Å²) in [6.07, 6.45) is 0. The van der Waals surface area contributed by atoms with E-state index in [1.807, 2.05) is 25.1 Å². The number of urea groups is 1. The highest BCUT2D eigenvalue weighted by Crippen LogP contribution is 2.21. The summed E-state index contributed by atoms with van der Waals surface area (Å²) in [4.78, 5) is 12.2. The zero-order valence-corrected chi connectivity index (χ0v) is 12.9. The van der Waals surface area contributed by atoms with Gasteiger partial charge in [-0.25, -0.2) is 4.79 Å². The van der Waals surface area contributed by atoms with Crippen LogP contribution in [0.25, 0.3) is 0 Å². The van der Waals surface area contributed by atoms with E-state index in [0.29, 0.717) is 22.0 Å². The Balaban J connectivity index is 2.16. The van der Waals surface area contributed by atoms with Gasteiger partial charge in [-0.15, -0.1) is 0 Å². The van der Waals surface area contributed by atoms with Crippen molar-refractivity contribution in [2.45, 2.75) is 6.92 Å². The van der Waals surface area contributed by atoms with Crippen molar-refractivity contribution in [3.8, 4) is 0 Å². The molecule has 21 heavy (non-hydrogen) atoms. The van der Waals surface area contributed by atoms with Crippen LogP contribution >= 0.6 is 23.8 Å². The fourth-order valence-corrected chi connectivity index (χ4v) is 2.19. The lowest BCUT2D eigenvalue weighted by Crippen LogP contribution is -2.22. The highest BCUT2D eigenvalue weighted by molar-refractivity contribution is 7.80. The summed E-state index contributed by atoms with van der Waals surface area (Å²) in [7, 11) is 0. The molecule has 108 valence electrons. The van der Waals surface area contributed by atoms with Gasteiger partial charge >= 0.3 is 6.03 Å². The number of benzene rings is 2. The molecule has 0 saturated heterocycles. The maximum Gasteiger partial charge on any atom is 0.323 e. The number of halogens is 1. The Hall–Kier alpha value is -2.11. The van der Waals surface area contributed by atoms with E-state index in [1.54, 1.807) is 24.3 Å². The van der Waals surface area contributed by atoms with Gasteiger partial charge in [0.1, 0.15) is 4.99 Å². The molecule has 4 N–H and O–H groups in total. The van der Waals surface area contributed by atoms with Crippen molar-refractivity contribution in [2.24, 2.45) is 5.73 Å². The van der Waals surface area contributed by atoms with Crippen LogP contribution < -0.4 is 16.4 Å². The topological polar surface area (TPSA) is 67.2 Å². The number of rotatable bonds is 3. The van der Waals surface area contributed by atoms with Crippen molar-refractivity contribution < 1.29 is 4.79 Å². The third-order valence-corrected chi connectivity index (χ3v) is 3.23. The largest absolute Gasteiger partial charge is 0.389 e. The van der Waals surface area contributed by atoms with Crippen LogP contribution in [0.1, 0.15) is 11.1 Å². The maximum absolute atomic E-state index is 12.0. The summed E-state index contributed by atoms with van der Waals surface area (Å²) >= 11 is 10.9. The minimum absolute atomic E-state index is 0.192. The Morgan fingerprint density at radius 1 is 1.19 bits per heavy atom. The number of nitrogens with one attached hydrogen (secondary N) is 2. The van der Waals surface area contributed by atoms with Crippen molar-refractivity contribution in [2.75, 3.05) is 10.6 Å². The van der Waals surface area contributed by atoms with Gasteiger partial charge < -0.3 is 16.4 Å². The molecule has 0 unspecified atom stereocenters. The molecule has 0 saturated carbocycles. The van der Waals surface area contributed by atoms with Crippen LogP contribution in [0.2, 0.25) is 5.02 Å². The third kappa shape index (κ3) is 4.18. The molecule has 0 bridgehead atoms. The second-order valence-electron chi connectivity index (χ2n) is 4.50. The van der Waals surface area contributed by atoms with E-state index >= 15 is 0 Å². The fourth-order valence-electron chi connectivity index (χ4n) is 1.84. The lowest BCUT2D eigenvalue weighted by atomic mass is 10.2. The van der Waals surface area contributed by atoms with Crippen molar-refractivity contribution in [3.63, 3.8) is 0 Å². The first-order valence-electron chi connectivity index (χ1n) is 6.20. The summed E-state index contributed by atoms with van der Waals surface area (Å²) < 4.78 is 0. The average Bonchev–Trinajstić information content (AvgIpc) is 2.38. The van der Waals surface area contributed by atoms with E-state index < -0.39 is 0 Å². The Kier molecular flexibility index (Phi) is 4.77. The normalized spacial score (nSPS) is 10.0. The van der Waals surface area contributed by atoms with Crippen LogP contribution in [-0.4, -0.2) is 11.0 Å². The number of anilines is 2. The molecular weight excluding hydrogens is 306 g/mol. The van der Waals surface area contributed by atoms with Gasteiger partial charge in [-0.2, -0.15) is 0 Å². The number of amides is 2. The zero-order chi connectivity index (χ0) is 15.4. The van der Waals surface area contributed by atoms with Gasteiger partial charge in [-0.1, -0.05) is 36.0 Å². The van der Waals surface area contributed by atoms with Crippen LogP contribution in [0.4, 0.5) is 16.2 Å². The fraction of sp³-hybridized carbons (Fsp3) is 0.0667. The zero-order valence-electron chi connectivity index (χ0n) is 11.3. The smallest absolute Gasteiger partial charge is 0.323 e. The second-order valence-corrected chi connectivity index (χ2v) is 5.38. The molecule has 2 amide bonds. The van der Waals surface area contributed by atoms with E-state index in [9.17, 15) is 4.79 Å². The molecule has 0 atom stereocenters. The summed E-state index contributed by atoms with van der Waals surface area (Å²) in [5, 5.41) is 5.93. The quantitative estimate of drug-likeness (QED) is 0.751. The molecule has 2 rings (SSSR count). The number of hydrogen-bond donors (Lipinski definition) is 3. The standard InChI is InChI=1S/C15H14ClN3OS/c1-9-3-2-4-11(7-9)18-15(20)19-13-8-10(16)5-6-12(13)14(17)21/h2-8H,1H3,(H2,17,21)(H2,18,19,20). The molecule has 0 aliphatic rings. The van der Waals surface area contributed by atoms with Gasteiger partial charge in [-0.05, 0) is 42.8 Å². The van der Waals surface area contributed by atoms with E-state index in [2.05, 4.69) is 10.6 Å². The first-order valence-corrected chi connectivity index (χ1v) is 6.98. The Bertz CT molecular complexity index is 703. The number of hydrogen-bond acceptors (Lipinski definition) is 2. The number of aryl methyl sites for hydroxylation is 1. The molecule has 2 aromatic rings. The van der Waals surface area contributed by atoms with Gasteiger partial charge in [0.15, 0.2) is 0 Å². The van der Waals surface area contributed by atoms with Crippen LogP contribution in [-0.2, 0) is 0 Å². The lowest BCUT2D eigenvalue weighted by molar-refractivity contribution is 0.262. The van der Waals surface area contributed by atoms with Gasteiger partial charge in [0.05, 0.1) is 5.69 Å². The SMILES string of the molecule is Cc1cccc(NC(=O)Nc2cc(Cl)ccc2C(N)=S)c1. The molecule has 0 heterocycles. The molecule has 0 spiro atoms. The molecular formula is C15H14ClN3OS. The van der Waals surface area contributed by atoms with Crippen molar-refractivity contribution in [1.82, 2.24) is 0 Å². The Morgan fingerprint density at radius 2 is 1.95 bits per heavy atom. The number of nitrogens with two attached hydrogens (primary N) is 1. The third-order valence-electron chi connectivity index (χ3n) is 2.77. The summed E-state index contributed by atoms with van der Waals surface area (Å²) in [5.41, 5.74) is 8.42. The van der Waals surface area contributed by atoms with E-state index in [0.717, 1.165) is 5.56 Å². The van der Waals surface area contributed by atoms with Crippen LogP contribution in [0.15, 0.2) is 42.5 Å². The first kappa shape index (κ1) is 15.3. The predicted octanol–water partition coefficient (Wildman–Crippen LogP) is 3.93. The summed E-state index contributed by atoms with van der Waals surface area (Å²) in [6, 6.07) is 12.0. The van der Waals surface area contributed by atoms with Crippen LogP contribution in [0.5, 0.6) is 0 Å². The first-order chi connectivity index (χ1) is 9.95.